The molecule has 18 heavy (non-hydrogen) atoms. The van der Waals surface area contributed by atoms with Gasteiger partial charge >= 0.3 is 5.97 Å². The summed E-state index contributed by atoms with van der Waals surface area (Å²) < 4.78 is 0. The van der Waals surface area contributed by atoms with Gasteiger partial charge < -0.3 is 10.2 Å². The molecule has 0 unspecified atom stereocenters. The van der Waals surface area contributed by atoms with Gasteiger partial charge in [-0.1, -0.05) is 55.5 Å². The Morgan fingerprint density at radius 2 is 2.00 bits per heavy atom. The Morgan fingerprint density at radius 1 is 1.33 bits per heavy atom. The van der Waals surface area contributed by atoms with Crippen molar-refractivity contribution in [2.75, 3.05) is 0 Å². The second-order valence-electron chi connectivity index (χ2n) is 4.17. The minimum Gasteiger partial charge on any atom is -0.478 e. The van der Waals surface area contributed by atoms with E-state index in [-0.39, 0.29) is 5.92 Å². The quantitative estimate of drug-likeness (QED) is 0.759. The van der Waals surface area contributed by atoms with Crippen LogP contribution in [-0.2, 0) is 4.79 Å². The summed E-state index contributed by atoms with van der Waals surface area (Å²) in [6, 6.07) is 9.83. The van der Waals surface area contributed by atoms with Crippen molar-refractivity contribution in [3.8, 4) is 0 Å². The number of carboxylic acid groups (broad SMARTS) is 1. The van der Waals surface area contributed by atoms with Crippen molar-refractivity contribution in [1.29, 1.82) is 0 Å². The fourth-order valence-corrected chi connectivity index (χ4v) is 1.48. The molecule has 0 aliphatic rings. The fraction of sp³-hybridized carbons (Fsp3) is 0.267. The predicted molar refractivity (Wildman–Crippen MR) is 72.0 cm³/mol. The van der Waals surface area contributed by atoms with Gasteiger partial charge in [-0.05, 0) is 12.0 Å². The first kappa shape index (κ1) is 14.2. The molecule has 0 aliphatic heterocycles. The normalized spacial score (nSPS) is 15.0. The average molecular weight is 246 g/mol. The smallest absolute Gasteiger partial charge is 0.327 e. The molecule has 0 bridgehead atoms. The van der Waals surface area contributed by atoms with Crippen molar-refractivity contribution in [3.05, 3.63) is 54.1 Å². The first-order valence-corrected chi connectivity index (χ1v) is 5.90. The average Bonchev–Trinajstić information content (AvgIpc) is 2.36. The van der Waals surface area contributed by atoms with E-state index in [1.54, 1.807) is 0 Å². The summed E-state index contributed by atoms with van der Waals surface area (Å²) >= 11 is 0. The number of carboxylic acids is 1. The molecule has 0 aliphatic carbocycles. The lowest BCUT2D eigenvalue weighted by molar-refractivity contribution is -0.131. The van der Waals surface area contributed by atoms with Crippen molar-refractivity contribution in [1.82, 2.24) is 0 Å². The van der Waals surface area contributed by atoms with Gasteiger partial charge in [-0.2, -0.15) is 0 Å². The molecule has 0 heterocycles. The molecule has 2 atom stereocenters. The zero-order chi connectivity index (χ0) is 13.4. The van der Waals surface area contributed by atoms with Gasteiger partial charge in [0.1, 0.15) is 0 Å². The van der Waals surface area contributed by atoms with E-state index < -0.39 is 12.1 Å². The molecule has 0 radical (unpaired) electrons. The largest absolute Gasteiger partial charge is 0.478 e. The summed E-state index contributed by atoms with van der Waals surface area (Å²) in [7, 11) is 0. The summed E-state index contributed by atoms with van der Waals surface area (Å²) in [6.07, 6.45) is 6.17. The molecule has 0 saturated carbocycles. The molecule has 0 aromatic heterocycles. The standard InChI is InChI=1S/C15H18O3/c1-12(14(16)8-5-9-15(17)18)10-11-13-6-3-2-4-7-13/h2-7,9-12,14,16H,8H2,1H3,(H,17,18)/b9-5+,11-10+/t12-,14+/m1/s1. The Hall–Kier alpha value is -1.87. The van der Waals surface area contributed by atoms with Crippen LogP contribution in [0.4, 0.5) is 0 Å². The summed E-state index contributed by atoms with van der Waals surface area (Å²) in [6.45, 7) is 1.90. The van der Waals surface area contributed by atoms with Crippen LogP contribution in [0.5, 0.6) is 0 Å². The zero-order valence-electron chi connectivity index (χ0n) is 10.4. The van der Waals surface area contributed by atoms with E-state index in [0.717, 1.165) is 11.6 Å². The summed E-state index contributed by atoms with van der Waals surface area (Å²) in [5.41, 5.74) is 1.08. The molecular formula is C15H18O3. The first-order chi connectivity index (χ1) is 8.59. The number of hydrogen-bond donors (Lipinski definition) is 2. The molecule has 0 saturated heterocycles. The van der Waals surface area contributed by atoms with Crippen molar-refractivity contribution in [3.63, 3.8) is 0 Å². The Kier molecular flexibility index (Phi) is 5.88. The molecular weight excluding hydrogens is 228 g/mol. The minimum absolute atomic E-state index is 0.0244. The van der Waals surface area contributed by atoms with Gasteiger partial charge in [0, 0.05) is 12.0 Å². The van der Waals surface area contributed by atoms with Crippen LogP contribution in [0, 0.1) is 5.92 Å². The van der Waals surface area contributed by atoms with Crippen molar-refractivity contribution in [2.45, 2.75) is 19.4 Å². The number of aliphatic hydroxyl groups excluding tert-OH is 1. The summed E-state index contributed by atoms with van der Waals surface area (Å²) in [4.78, 5) is 10.3. The maximum atomic E-state index is 10.3. The Morgan fingerprint density at radius 3 is 2.61 bits per heavy atom. The van der Waals surface area contributed by atoms with E-state index in [0.29, 0.717) is 6.42 Å². The molecule has 1 aromatic rings. The maximum absolute atomic E-state index is 10.3. The van der Waals surface area contributed by atoms with Gasteiger partial charge in [0.25, 0.3) is 0 Å². The first-order valence-electron chi connectivity index (χ1n) is 5.90. The predicted octanol–water partition coefficient (Wildman–Crippen LogP) is 2.73. The lowest BCUT2D eigenvalue weighted by Gasteiger charge is -2.12. The van der Waals surface area contributed by atoms with Crippen molar-refractivity contribution >= 4 is 12.0 Å². The van der Waals surface area contributed by atoms with Crippen LogP contribution in [0.25, 0.3) is 6.08 Å². The van der Waals surface area contributed by atoms with Crippen molar-refractivity contribution in [2.24, 2.45) is 5.92 Å². The van der Waals surface area contributed by atoms with Crippen LogP contribution in [0.2, 0.25) is 0 Å². The molecule has 0 spiro atoms. The highest BCUT2D eigenvalue weighted by Crippen LogP contribution is 2.12. The van der Waals surface area contributed by atoms with Crippen LogP contribution >= 0.6 is 0 Å². The highest BCUT2D eigenvalue weighted by atomic mass is 16.4. The summed E-state index contributed by atoms with van der Waals surface area (Å²) in [5.74, 6) is -1.02. The lowest BCUT2D eigenvalue weighted by Crippen LogP contribution is -2.14. The third-order valence-electron chi connectivity index (χ3n) is 2.64. The monoisotopic (exact) mass is 246 g/mol. The number of hydrogen-bond acceptors (Lipinski definition) is 2. The van der Waals surface area contributed by atoms with E-state index in [4.69, 9.17) is 5.11 Å². The Balaban J connectivity index is 2.47. The van der Waals surface area contributed by atoms with Crippen molar-refractivity contribution < 1.29 is 15.0 Å². The maximum Gasteiger partial charge on any atom is 0.327 e. The number of benzene rings is 1. The molecule has 2 N–H and O–H groups in total. The molecule has 1 aromatic carbocycles. The third kappa shape index (κ3) is 5.46. The van der Waals surface area contributed by atoms with Crippen LogP contribution in [0.3, 0.4) is 0 Å². The molecule has 1 rings (SSSR count). The number of rotatable bonds is 6. The molecule has 0 fully saturated rings. The van der Waals surface area contributed by atoms with Crippen LogP contribution in [0.1, 0.15) is 18.9 Å². The minimum atomic E-state index is -0.991. The number of aliphatic hydroxyl groups is 1. The highest BCUT2D eigenvalue weighted by molar-refractivity contribution is 5.79. The third-order valence-corrected chi connectivity index (χ3v) is 2.64. The van der Waals surface area contributed by atoms with Gasteiger partial charge in [0.2, 0.25) is 0 Å². The van der Waals surface area contributed by atoms with E-state index in [1.165, 1.54) is 6.08 Å². The lowest BCUT2D eigenvalue weighted by atomic mass is 10.00. The number of aliphatic carboxylic acids is 1. The van der Waals surface area contributed by atoms with E-state index >= 15 is 0 Å². The fourth-order valence-electron chi connectivity index (χ4n) is 1.48. The van der Waals surface area contributed by atoms with Crippen LogP contribution in [0.15, 0.2) is 48.6 Å². The van der Waals surface area contributed by atoms with Gasteiger partial charge in [-0.15, -0.1) is 0 Å². The topological polar surface area (TPSA) is 57.5 Å². The SMILES string of the molecule is C[C@H](/C=C/c1ccccc1)[C@@H](O)C/C=C/C(=O)O. The van der Waals surface area contributed by atoms with E-state index in [2.05, 4.69) is 0 Å². The molecule has 3 heteroatoms. The molecule has 0 amide bonds. The van der Waals surface area contributed by atoms with Crippen LogP contribution in [-0.4, -0.2) is 22.3 Å². The molecule has 3 nitrogen and oxygen atoms in total. The zero-order valence-corrected chi connectivity index (χ0v) is 10.4. The van der Waals surface area contributed by atoms with Gasteiger partial charge in [-0.3, -0.25) is 0 Å². The summed E-state index contributed by atoms with van der Waals surface area (Å²) in [5, 5.41) is 18.2. The van der Waals surface area contributed by atoms with Crippen LogP contribution < -0.4 is 0 Å². The van der Waals surface area contributed by atoms with Gasteiger partial charge in [-0.25, -0.2) is 4.79 Å². The van der Waals surface area contributed by atoms with Gasteiger partial charge in [0.15, 0.2) is 0 Å². The number of carbonyl (C=O) groups is 1. The second kappa shape index (κ2) is 7.45. The van der Waals surface area contributed by atoms with E-state index in [1.807, 2.05) is 49.4 Å². The molecule has 96 valence electrons. The highest BCUT2D eigenvalue weighted by Gasteiger charge is 2.09. The Labute approximate surface area is 107 Å². The van der Waals surface area contributed by atoms with Gasteiger partial charge in [0.05, 0.1) is 6.10 Å². The Bertz CT molecular complexity index is 421. The second-order valence-corrected chi connectivity index (χ2v) is 4.17. The van der Waals surface area contributed by atoms with E-state index in [9.17, 15) is 9.90 Å².